The van der Waals surface area contributed by atoms with Crippen molar-refractivity contribution in [3.63, 3.8) is 0 Å². The van der Waals surface area contributed by atoms with Gasteiger partial charge in [-0.15, -0.1) is 11.6 Å². The normalized spacial score (nSPS) is 25.6. The van der Waals surface area contributed by atoms with Crippen molar-refractivity contribution < 1.29 is 13.2 Å². The first-order chi connectivity index (χ1) is 7.51. The summed E-state index contributed by atoms with van der Waals surface area (Å²) in [5, 5.41) is 0. The Kier molecular flexibility index (Phi) is 5.50. The van der Waals surface area contributed by atoms with Crippen LogP contribution in [0.1, 0.15) is 20.3 Å². The number of morpholine rings is 1. The molecule has 6 heteroatoms. The van der Waals surface area contributed by atoms with Crippen molar-refractivity contribution in [1.29, 1.82) is 0 Å². The molecule has 96 valence electrons. The van der Waals surface area contributed by atoms with Gasteiger partial charge in [-0.1, -0.05) is 13.8 Å². The van der Waals surface area contributed by atoms with Gasteiger partial charge in [0.15, 0.2) is 0 Å². The second-order valence-electron chi connectivity index (χ2n) is 4.29. The Bertz CT molecular complexity index is 307. The van der Waals surface area contributed by atoms with Gasteiger partial charge in [0.05, 0.1) is 19.0 Å². The molecule has 1 saturated heterocycles. The van der Waals surface area contributed by atoms with E-state index in [2.05, 4.69) is 0 Å². The standard InChI is InChI=1S/C10H20ClNO3S/c1-3-10-7-15-5-4-12(10)16(13,14)8-9(2)6-11/h9-10H,3-8H2,1-2H3. The summed E-state index contributed by atoms with van der Waals surface area (Å²) in [4.78, 5) is 0. The monoisotopic (exact) mass is 269 g/mol. The first-order valence-corrected chi connectivity index (χ1v) is 7.78. The fourth-order valence-electron chi connectivity index (χ4n) is 1.83. The molecule has 0 aromatic rings. The van der Waals surface area contributed by atoms with E-state index in [1.165, 1.54) is 0 Å². The summed E-state index contributed by atoms with van der Waals surface area (Å²) in [6.07, 6.45) is 0.786. The van der Waals surface area contributed by atoms with Crippen molar-refractivity contribution in [2.24, 2.45) is 5.92 Å². The average molecular weight is 270 g/mol. The molecule has 1 rings (SSSR count). The van der Waals surface area contributed by atoms with Crippen molar-refractivity contribution in [2.45, 2.75) is 26.3 Å². The van der Waals surface area contributed by atoms with Gasteiger partial charge in [-0.3, -0.25) is 0 Å². The third kappa shape index (κ3) is 3.58. The Balaban J connectivity index is 2.72. The van der Waals surface area contributed by atoms with Gasteiger partial charge in [0.1, 0.15) is 0 Å². The molecule has 1 aliphatic rings. The van der Waals surface area contributed by atoms with Gasteiger partial charge in [-0.2, -0.15) is 4.31 Å². The quantitative estimate of drug-likeness (QED) is 0.707. The first-order valence-electron chi connectivity index (χ1n) is 5.64. The van der Waals surface area contributed by atoms with E-state index in [9.17, 15) is 8.42 Å². The minimum Gasteiger partial charge on any atom is -0.378 e. The van der Waals surface area contributed by atoms with Crippen LogP contribution in [-0.2, 0) is 14.8 Å². The minimum atomic E-state index is -3.19. The number of nitrogens with zero attached hydrogens (tertiary/aromatic N) is 1. The lowest BCUT2D eigenvalue weighted by Crippen LogP contribution is -2.49. The Morgan fingerprint density at radius 1 is 1.56 bits per heavy atom. The highest BCUT2D eigenvalue weighted by atomic mass is 35.5. The van der Waals surface area contributed by atoms with Gasteiger partial charge in [0.2, 0.25) is 10.0 Å². The predicted molar refractivity (Wildman–Crippen MR) is 65.3 cm³/mol. The molecule has 0 saturated carbocycles. The lowest BCUT2D eigenvalue weighted by Gasteiger charge is -2.34. The van der Waals surface area contributed by atoms with Gasteiger partial charge in [-0.05, 0) is 12.3 Å². The molecule has 2 atom stereocenters. The van der Waals surface area contributed by atoms with Crippen LogP contribution < -0.4 is 0 Å². The van der Waals surface area contributed by atoms with Crippen molar-refractivity contribution in [2.75, 3.05) is 31.4 Å². The van der Waals surface area contributed by atoms with Crippen LogP contribution in [0.25, 0.3) is 0 Å². The number of rotatable bonds is 5. The molecule has 1 heterocycles. The Labute approximate surface area is 103 Å². The third-order valence-corrected chi connectivity index (χ3v) is 5.47. The van der Waals surface area contributed by atoms with E-state index in [-0.39, 0.29) is 17.7 Å². The van der Waals surface area contributed by atoms with Crippen LogP contribution in [-0.4, -0.2) is 50.2 Å². The fourth-order valence-corrected chi connectivity index (χ4v) is 4.11. The molecule has 0 amide bonds. The second kappa shape index (κ2) is 6.19. The predicted octanol–water partition coefficient (Wildman–Crippen LogP) is 1.30. The van der Waals surface area contributed by atoms with E-state index < -0.39 is 10.0 Å². The average Bonchev–Trinajstić information content (AvgIpc) is 2.28. The summed E-state index contributed by atoms with van der Waals surface area (Å²) in [5.74, 6) is 0.500. The van der Waals surface area contributed by atoms with Crippen molar-refractivity contribution >= 4 is 21.6 Å². The Morgan fingerprint density at radius 2 is 2.25 bits per heavy atom. The van der Waals surface area contributed by atoms with E-state index in [4.69, 9.17) is 16.3 Å². The van der Waals surface area contributed by atoms with Gasteiger partial charge in [-0.25, -0.2) is 8.42 Å². The summed E-state index contributed by atoms with van der Waals surface area (Å²) < 4.78 is 31.2. The zero-order chi connectivity index (χ0) is 12.2. The maximum atomic E-state index is 12.1. The highest BCUT2D eigenvalue weighted by Crippen LogP contribution is 2.17. The number of hydrogen-bond donors (Lipinski definition) is 0. The van der Waals surface area contributed by atoms with Gasteiger partial charge < -0.3 is 4.74 Å². The van der Waals surface area contributed by atoms with Crippen LogP contribution >= 0.6 is 11.6 Å². The highest BCUT2D eigenvalue weighted by Gasteiger charge is 2.32. The molecule has 0 aromatic heterocycles. The molecule has 1 aliphatic heterocycles. The molecule has 0 aromatic carbocycles. The molecule has 0 radical (unpaired) electrons. The lowest BCUT2D eigenvalue weighted by molar-refractivity contribution is 0.0313. The minimum absolute atomic E-state index is 0.00739. The summed E-state index contributed by atoms with van der Waals surface area (Å²) in [7, 11) is -3.19. The summed E-state index contributed by atoms with van der Waals surface area (Å²) in [6.45, 7) is 5.30. The number of hydrogen-bond acceptors (Lipinski definition) is 3. The smallest absolute Gasteiger partial charge is 0.214 e. The molecular weight excluding hydrogens is 250 g/mol. The Hall–Kier alpha value is 0.160. The van der Waals surface area contributed by atoms with Crippen molar-refractivity contribution in [3.8, 4) is 0 Å². The van der Waals surface area contributed by atoms with Crippen LogP contribution in [0.2, 0.25) is 0 Å². The molecule has 1 fully saturated rings. The molecule has 0 N–H and O–H groups in total. The van der Waals surface area contributed by atoms with E-state index in [0.717, 1.165) is 6.42 Å². The maximum Gasteiger partial charge on any atom is 0.214 e. The zero-order valence-corrected chi connectivity index (χ0v) is 11.4. The van der Waals surface area contributed by atoms with Crippen LogP contribution in [0.15, 0.2) is 0 Å². The maximum absolute atomic E-state index is 12.1. The Morgan fingerprint density at radius 3 is 2.81 bits per heavy atom. The molecule has 2 unspecified atom stereocenters. The number of ether oxygens (including phenoxy) is 1. The fraction of sp³-hybridized carbons (Fsp3) is 1.00. The highest BCUT2D eigenvalue weighted by molar-refractivity contribution is 7.89. The van der Waals surface area contributed by atoms with Gasteiger partial charge >= 0.3 is 0 Å². The number of alkyl halides is 1. The van der Waals surface area contributed by atoms with Crippen LogP contribution in [0.3, 0.4) is 0 Å². The van der Waals surface area contributed by atoms with Crippen molar-refractivity contribution in [1.82, 2.24) is 4.31 Å². The SMILES string of the molecule is CCC1COCCN1S(=O)(=O)CC(C)CCl. The summed E-state index contributed by atoms with van der Waals surface area (Å²) >= 11 is 5.66. The van der Waals surface area contributed by atoms with E-state index >= 15 is 0 Å². The van der Waals surface area contributed by atoms with Crippen LogP contribution in [0, 0.1) is 5.92 Å². The summed E-state index contributed by atoms with van der Waals surface area (Å²) in [5.41, 5.74) is 0. The van der Waals surface area contributed by atoms with Crippen molar-refractivity contribution in [3.05, 3.63) is 0 Å². The van der Waals surface area contributed by atoms with E-state index in [0.29, 0.717) is 25.6 Å². The molecule has 0 spiro atoms. The molecule has 0 bridgehead atoms. The molecule has 4 nitrogen and oxygen atoms in total. The number of sulfonamides is 1. The molecular formula is C10H20ClNO3S. The van der Waals surface area contributed by atoms with E-state index in [1.807, 2.05) is 13.8 Å². The molecule has 16 heavy (non-hydrogen) atoms. The first kappa shape index (κ1) is 14.2. The van der Waals surface area contributed by atoms with Crippen LogP contribution in [0.5, 0.6) is 0 Å². The number of halogens is 1. The summed E-state index contributed by atoms with van der Waals surface area (Å²) in [6, 6.07) is -0.0127. The largest absolute Gasteiger partial charge is 0.378 e. The third-order valence-electron chi connectivity index (χ3n) is 2.76. The zero-order valence-electron chi connectivity index (χ0n) is 9.86. The lowest BCUT2D eigenvalue weighted by atomic mass is 10.2. The van der Waals surface area contributed by atoms with Gasteiger partial charge in [0.25, 0.3) is 0 Å². The van der Waals surface area contributed by atoms with Gasteiger partial charge in [0, 0.05) is 18.5 Å². The van der Waals surface area contributed by atoms with Crippen LogP contribution in [0.4, 0.5) is 0 Å². The molecule has 0 aliphatic carbocycles. The second-order valence-corrected chi connectivity index (χ2v) is 6.56. The van der Waals surface area contributed by atoms with E-state index in [1.54, 1.807) is 4.31 Å². The topological polar surface area (TPSA) is 46.6 Å².